The minimum atomic E-state index is -0.0200. The fourth-order valence-corrected chi connectivity index (χ4v) is 2.39. The van der Waals surface area contributed by atoms with E-state index in [9.17, 15) is 4.79 Å². The van der Waals surface area contributed by atoms with Crippen LogP contribution in [0.25, 0.3) is 10.9 Å². The highest BCUT2D eigenvalue weighted by Crippen LogP contribution is 2.23. The van der Waals surface area contributed by atoms with E-state index in [1.807, 2.05) is 44.4 Å². The van der Waals surface area contributed by atoms with Gasteiger partial charge < -0.3 is 10.2 Å². The molecule has 0 saturated carbocycles. The summed E-state index contributed by atoms with van der Waals surface area (Å²) in [6.45, 7) is 2.93. The molecule has 0 spiro atoms. The van der Waals surface area contributed by atoms with Gasteiger partial charge in [0.25, 0.3) is 5.91 Å². The zero-order valence-electron chi connectivity index (χ0n) is 13.0. The number of fused-ring (bicyclic) bond motifs is 1. The number of nitrogens with zero attached hydrogens (tertiary/aromatic N) is 2. The van der Waals surface area contributed by atoms with Gasteiger partial charge in [0, 0.05) is 31.7 Å². The molecular formula is C17H23N3O. The Labute approximate surface area is 126 Å². The normalized spacial score (nSPS) is 10.6. The Balaban J connectivity index is 2.27. The number of aromatic nitrogens is 1. The number of para-hydroxylation sites is 1. The highest BCUT2D eigenvalue weighted by molar-refractivity contribution is 5.99. The van der Waals surface area contributed by atoms with E-state index in [2.05, 4.69) is 17.2 Å². The maximum atomic E-state index is 12.5. The van der Waals surface area contributed by atoms with Crippen molar-refractivity contribution in [2.75, 3.05) is 26.0 Å². The molecule has 21 heavy (non-hydrogen) atoms. The molecule has 0 bridgehead atoms. The fraction of sp³-hybridized carbons (Fsp3) is 0.412. The van der Waals surface area contributed by atoms with Crippen LogP contribution < -0.4 is 5.32 Å². The molecule has 112 valence electrons. The van der Waals surface area contributed by atoms with E-state index in [1.165, 1.54) is 0 Å². The predicted octanol–water partition coefficient (Wildman–Crippen LogP) is 3.54. The van der Waals surface area contributed by atoms with Gasteiger partial charge in [0.2, 0.25) is 0 Å². The van der Waals surface area contributed by atoms with Crippen molar-refractivity contribution in [3.63, 3.8) is 0 Å². The van der Waals surface area contributed by atoms with Crippen molar-refractivity contribution >= 4 is 22.5 Å². The van der Waals surface area contributed by atoms with Crippen molar-refractivity contribution in [3.05, 3.63) is 36.0 Å². The SMILES string of the molecule is CCCCCN(C)C(=O)c1cc(NC)c2ccccc2n1. The molecule has 0 saturated heterocycles. The highest BCUT2D eigenvalue weighted by Gasteiger charge is 2.15. The minimum absolute atomic E-state index is 0.0200. The average Bonchev–Trinajstić information content (AvgIpc) is 2.53. The summed E-state index contributed by atoms with van der Waals surface area (Å²) in [7, 11) is 3.70. The molecule has 0 aliphatic rings. The quantitative estimate of drug-likeness (QED) is 0.826. The molecule has 2 aromatic rings. The fourth-order valence-electron chi connectivity index (χ4n) is 2.39. The number of benzene rings is 1. The molecular weight excluding hydrogens is 262 g/mol. The van der Waals surface area contributed by atoms with Crippen LogP contribution >= 0.6 is 0 Å². The summed E-state index contributed by atoms with van der Waals surface area (Å²) in [5, 5.41) is 4.18. The van der Waals surface area contributed by atoms with Crippen LogP contribution in [0, 0.1) is 0 Å². The Morgan fingerprint density at radius 1 is 1.29 bits per heavy atom. The minimum Gasteiger partial charge on any atom is -0.388 e. The molecule has 0 unspecified atom stereocenters. The lowest BCUT2D eigenvalue weighted by molar-refractivity contribution is 0.0787. The van der Waals surface area contributed by atoms with Crippen molar-refractivity contribution in [2.45, 2.75) is 26.2 Å². The summed E-state index contributed by atoms with van der Waals surface area (Å²) in [6.07, 6.45) is 3.33. The summed E-state index contributed by atoms with van der Waals surface area (Å²) in [5.74, 6) is -0.0200. The van der Waals surface area contributed by atoms with Gasteiger partial charge in [0.1, 0.15) is 5.69 Å². The monoisotopic (exact) mass is 285 g/mol. The third kappa shape index (κ3) is 3.51. The van der Waals surface area contributed by atoms with E-state index < -0.39 is 0 Å². The lowest BCUT2D eigenvalue weighted by Crippen LogP contribution is -2.28. The van der Waals surface area contributed by atoms with E-state index in [1.54, 1.807) is 4.90 Å². The van der Waals surface area contributed by atoms with Crippen LogP contribution in [0.1, 0.15) is 36.7 Å². The molecule has 0 aliphatic carbocycles. The number of hydrogen-bond donors (Lipinski definition) is 1. The first-order valence-corrected chi connectivity index (χ1v) is 7.50. The number of amides is 1. The molecule has 1 amide bonds. The predicted molar refractivity (Wildman–Crippen MR) is 87.8 cm³/mol. The second-order valence-electron chi connectivity index (χ2n) is 5.26. The number of pyridine rings is 1. The van der Waals surface area contributed by atoms with Crippen LogP contribution in [-0.4, -0.2) is 36.4 Å². The van der Waals surface area contributed by atoms with Crippen LogP contribution in [-0.2, 0) is 0 Å². The number of hydrogen-bond acceptors (Lipinski definition) is 3. The van der Waals surface area contributed by atoms with Crippen LogP contribution in [0.15, 0.2) is 30.3 Å². The summed E-state index contributed by atoms with van der Waals surface area (Å²) in [6, 6.07) is 9.69. The number of carbonyl (C=O) groups is 1. The summed E-state index contributed by atoms with van der Waals surface area (Å²) in [4.78, 5) is 18.7. The van der Waals surface area contributed by atoms with Gasteiger partial charge in [-0.15, -0.1) is 0 Å². The molecule has 0 fully saturated rings. The highest BCUT2D eigenvalue weighted by atomic mass is 16.2. The number of carbonyl (C=O) groups excluding carboxylic acids is 1. The van der Waals surface area contributed by atoms with Gasteiger partial charge >= 0.3 is 0 Å². The van der Waals surface area contributed by atoms with Crippen molar-refractivity contribution in [2.24, 2.45) is 0 Å². The Morgan fingerprint density at radius 3 is 2.76 bits per heavy atom. The third-order valence-electron chi connectivity index (χ3n) is 3.65. The van der Waals surface area contributed by atoms with E-state index in [0.717, 1.165) is 42.4 Å². The Morgan fingerprint density at radius 2 is 2.05 bits per heavy atom. The molecule has 0 atom stereocenters. The lowest BCUT2D eigenvalue weighted by Gasteiger charge is -2.17. The molecule has 1 aromatic heterocycles. The number of nitrogens with one attached hydrogen (secondary N) is 1. The van der Waals surface area contributed by atoms with Crippen molar-refractivity contribution in [3.8, 4) is 0 Å². The van der Waals surface area contributed by atoms with Crippen LogP contribution in [0.4, 0.5) is 5.69 Å². The summed E-state index contributed by atoms with van der Waals surface area (Å²) >= 11 is 0. The maximum absolute atomic E-state index is 12.5. The van der Waals surface area contributed by atoms with Crippen LogP contribution in [0.2, 0.25) is 0 Å². The Kier molecular flexibility index (Phi) is 5.14. The summed E-state index contributed by atoms with van der Waals surface area (Å²) in [5.41, 5.74) is 2.28. The van der Waals surface area contributed by atoms with Crippen molar-refractivity contribution in [1.82, 2.24) is 9.88 Å². The van der Waals surface area contributed by atoms with E-state index in [0.29, 0.717) is 5.69 Å². The van der Waals surface area contributed by atoms with Gasteiger partial charge in [-0.2, -0.15) is 0 Å². The molecule has 0 aliphatic heterocycles. The van der Waals surface area contributed by atoms with Gasteiger partial charge in [-0.1, -0.05) is 38.0 Å². The number of unbranched alkanes of at least 4 members (excludes halogenated alkanes) is 2. The van der Waals surface area contributed by atoms with E-state index >= 15 is 0 Å². The van der Waals surface area contributed by atoms with Gasteiger partial charge in [0.15, 0.2) is 0 Å². The van der Waals surface area contributed by atoms with Crippen molar-refractivity contribution < 1.29 is 4.79 Å². The average molecular weight is 285 g/mol. The van der Waals surface area contributed by atoms with Gasteiger partial charge in [-0.25, -0.2) is 4.98 Å². The first-order valence-electron chi connectivity index (χ1n) is 7.50. The lowest BCUT2D eigenvalue weighted by atomic mass is 10.1. The second-order valence-corrected chi connectivity index (χ2v) is 5.26. The van der Waals surface area contributed by atoms with Crippen LogP contribution in [0.3, 0.4) is 0 Å². The standard InChI is InChI=1S/C17H23N3O/c1-4-5-8-11-20(3)17(21)16-12-15(18-2)13-9-6-7-10-14(13)19-16/h6-7,9-10,12H,4-5,8,11H2,1-3H3,(H,18,19). The zero-order chi connectivity index (χ0) is 15.2. The topological polar surface area (TPSA) is 45.2 Å². The first kappa shape index (κ1) is 15.3. The molecule has 1 N–H and O–H groups in total. The first-order chi connectivity index (χ1) is 10.2. The molecule has 4 nitrogen and oxygen atoms in total. The molecule has 0 radical (unpaired) electrons. The van der Waals surface area contributed by atoms with E-state index in [-0.39, 0.29) is 5.91 Å². The van der Waals surface area contributed by atoms with Gasteiger partial charge in [0.05, 0.1) is 5.52 Å². The van der Waals surface area contributed by atoms with Gasteiger partial charge in [-0.3, -0.25) is 4.79 Å². The number of anilines is 1. The number of rotatable bonds is 6. The maximum Gasteiger partial charge on any atom is 0.272 e. The third-order valence-corrected chi connectivity index (χ3v) is 3.65. The van der Waals surface area contributed by atoms with Crippen LogP contribution in [0.5, 0.6) is 0 Å². The largest absolute Gasteiger partial charge is 0.388 e. The molecule has 1 aromatic carbocycles. The van der Waals surface area contributed by atoms with Gasteiger partial charge in [-0.05, 0) is 18.6 Å². The van der Waals surface area contributed by atoms with E-state index in [4.69, 9.17) is 0 Å². The molecule has 2 rings (SSSR count). The zero-order valence-corrected chi connectivity index (χ0v) is 13.0. The Hall–Kier alpha value is -2.10. The molecule has 4 heteroatoms. The Bertz CT molecular complexity index is 624. The summed E-state index contributed by atoms with van der Waals surface area (Å²) < 4.78 is 0. The second kappa shape index (κ2) is 7.07. The smallest absolute Gasteiger partial charge is 0.272 e. The van der Waals surface area contributed by atoms with Crippen molar-refractivity contribution in [1.29, 1.82) is 0 Å². The molecule has 1 heterocycles.